The van der Waals surface area contributed by atoms with Crippen molar-refractivity contribution in [1.29, 1.82) is 0 Å². The lowest BCUT2D eigenvalue weighted by Crippen LogP contribution is -2.44. The van der Waals surface area contributed by atoms with Crippen LogP contribution in [0, 0.1) is 5.92 Å². The number of ether oxygens (including phenoxy) is 3. The minimum atomic E-state index is -0.604. The Morgan fingerprint density at radius 1 is 0.873 bits per heavy atom. The summed E-state index contributed by atoms with van der Waals surface area (Å²) in [4.78, 5) is 61.6. The molecule has 5 aromatic rings. The number of carbonyl (C=O) groups is 1. The van der Waals surface area contributed by atoms with Gasteiger partial charge in [-0.05, 0) is 85.4 Å². The Kier molecular flexibility index (Phi) is 11.5. The summed E-state index contributed by atoms with van der Waals surface area (Å²) in [7, 11) is 3.15. The number of likely N-dealkylation sites (tertiary alicyclic amines) is 2. The minimum Gasteiger partial charge on any atom is -0.495 e. The van der Waals surface area contributed by atoms with E-state index < -0.39 is 11.2 Å². The van der Waals surface area contributed by atoms with Crippen LogP contribution in [0.1, 0.15) is 55.8 Å². The number of nitrogens with one attached hydrogen (secondary N) is 1. The predicted octanol–water partition coefficient (Wildman–Crippen LogP) is 5.12. The molecule has 2 aliphatic heterocycles. The summed E-state index contributed by atoms with van der Waals surface area (Å²) >= 11 is 0. The topological polar surface area (TPSA) is 141 Å². The highest BCUT2D eigenvalue weighted by molar-refractivity contribution is 5.96. The number of unbranched alkanes of at least 4 members (excludes halogenated alkanes) is 1. The van der Waals surface area contributed by atoms with Crippen LogP contribution in [-0.4, -0.2) is 87.9 Å². The van der Waals surface area contributed by atoms with Crippen LogP contribution in [0.5, 0.6) is 17.2 Å². The van der Waals surface area contributed by atoms with Gasteiger partial charge in [0, 0.05) is 81.2 Å². The van der Waals surface area contributed by atoms with Crippen molar-refractivity contribution in [2.24, 2.45) is 5.92 Å². The van der Waals surface area contributed by atoms with Gasteiger partial charge < -0.3 is 28.6 Å². The molecular formula is C42H48N6O7. The zero-order chi connectivity index (χ0) is 38.5. The van der Waals surface area contributed by atoms with Crippen LogP contribution in [0.2, 0.25) is 0 Å². The molecule has 3 aromatic heterocycles. The molecule has 288 valence electrons. The van der Waals surface area contributed by atoms with E-state index in [1.165, 1.54) is 23.9 Å². The Hall–Kier alpha value is -5.69. The van der Waals surface area contributed by atoms with Gasteiger partial charge in [-0.15, -0.1) is 0 Å². The monoisotopic (exact) mass is 748 g/mol. The van der Waals surface area contributed by atoms with Gasteiger partial charge in [0.15, 0.2) is 11.5 Å². The second-order valence-electron chi connectivity index (χ2n) is 14.4. The highest BCUT2D eigenvalue weighted by atomic mass is 16.5. The number of hydrogen-bond acceptors (Lipinski definition) is 9. The van der Waals surface area contributed by atoms with E-state index in [0.717, 1.165) is 74.7 Å². The van der Waals surface area contributed by atoms with Crippen LogP contribution in [-0.2, 0) is 6.54 Å². The molecule has 1 N–H and O–H groups in total. The van der Waals surface area contributed by atoms with Crippen molar-refractivity contribution in [2.45, 2.75) is 58.1 Å². The largest absolute Gasteiger partial charge is 0.495 e. The molecule has 0 unspecified atom stereocenters. The Labute approximate surface area is 319 Å². The molecule has 13 nitrogen and oxygen atoms in total. The van der Waals surface area contributed by atoms with Crippen LogP contribution in [0.15, 0.2) is 87.7 Å². The maximum absolute atomic E-state index is 13.5. The molecule has 7 rings (SSSR count). The number of fused-ring (bicyclic) bond motifs is 1. The normalized spacial score (nSPS) is 15.7. The smallest absolute Gasteiger partial charge is 0.333 e. The lowest BCUT2D eigenvalue weighted by molar-refractivity contribution is 0.0603. The summed E-state index contributed by atoms with van der Waals surface area (Å²) in [5.74, 6) is 2.18. The number of rotatable bonds is 12. The summed E-state index contributed by atoms with van der Waals surface area (Å²) < 4.78 is 20.9. The van der Waals surface area contributed by atoms with E-state index >= 15 is 0 Å². The molecule has 0 radical (unpaired) electrons. The van der Waals surface area contributed by atoms with Gasteiger partial charge in [0.05, 0.1) is 25.3 Å². The average molecular weight is 749 g/mol. The number of aromatic nitrogens is 4. The van der Waals surface area contributed by atoms with Crippen LogP contribution < -0.4 is 31.0 Å². The number of benzene rings is 2. The number of carbonyl (C=O) groups excluding carboxylic acids is 1. The Morgan fingerprint density at radius 3 is 2.36 bits per heavy atom. The van der Waals surface area contributed by atoms with Crippen molar-refractivity contribution in [3.8, 4) is 34.1 Å². The Balaban J connectivity index is 0.934. The summed E-state index contributed by atoms with van der Waals surface area (Å²) in [6, 6.07) is 14.2. The first-order valence-electron chi connectivity index (χ1n) is 19.1. The number of methoxy groups -OCH3 is 2. The van der Waals surface area contributed by atoms with Crippen LogP contribution in [0.3, 0.4) is 0 Å². The fourth-order valence-corrected chi connectivity index (χ4v) is 7.77. The summed E-state index contributed by atoms with van der Waals surface area (Å²) in [6.45, 7) is 6.94. The van der Waals surface area contributed by atoms with E-state index in [-0.39, 0.29) is 17.6 Å². The molecule has 5 heterocycles. The molecule has 0 spiro atoms. The summed E-state index contributed by atoms with van der Waals surface area (Å²) in [5, 5.41) is 1.47. The van der Waals surface area contributed by atoms with E-state index in [1.54, 1.807) is 42.3 Å². The maximum atomic E-state index is 13.5. The summed E-state index contributed by atoms with van der Waals surface area (Å²) in [5.41, 5.74) is 1.63. The maximum Gasteiger partial charge on any atom is 0.333 e. The van der Waals surface area contributed by atoms with E-state index in [4.69, 9.17) is 14.2 Å². The number of pyridine rings is 2. The molecular weight excluding hydrogens is 700 g/mol. The molecule has 1 amide bonds. The fourth-order valence-electron chi connectivity index (χ4n) is 7.77. The van der Waals surface area contributed by atoms with Gasteiger partial charge in [-0.1, -0.05) is 19.4 Å². The number of nitrogens with zero attached hydrogens (tertiary/aromatic N) is 5. The third kappa shape index (κ3) is 8.21. The third-order valence-electron chi connectivity index (χ3n) is 10.9. The molecule has 2 saturated heterocycles. The molecule has 13 heteroatoms. The van der Waals surface area contributed by atoms with Gasteiger partial charge in [-0.25, -0.2) is 4.79 Å². The van der Waals surface area contributed by atoms with Gasteiger partial charge in [0.1, 0.15) is 11.9 Å². The van der Waals surface area contributed by atoms with Crippen molar-refractivity contribution < 1.29 is 19.0 Å². The van der Waals surface area contributed by atoms with Gasteiger partial charge in [-0.3, -0.25) is 28.9 Å². The van der Waals surface area contributed by atoms with E-state index in [0.29, 0.717) is 59.4 Å². The first-order chi connectivity index (χ1) is 26.8. The average Bonchev–Trinajstić information content (AvgIpc) is 3.21. The molecule has 0 aliphatic carbocycles. The van der Waals surface area contributed by atoms with E-state index in [1.807, 2.05) is 35.4 Å². The van der Waals surface area contributed by atoms with E-state index in [2.05, 4.69) is 21.8 Å². The highest BCUT2D eigenvalue weighted by Gasteiger charge is 2.28. The first-order valence-corrected chi connectivity index (χ1v) is 19.1. The van der Waals surface area contributed by atoms with E-state index in [9.17, 15) is 19.2 Å². The molecule has 0 saturated carbocycles. The van der Waals surface area contributed by atoms with Gasteiger partial charge in [0.25, 0.3) is 17.0 Å². The number of aryl methyl sites for hydroxylation is 1. The van der Waals surface area contributed by atoms with Gasteiger partial charge >= 0.3 is 5.69 Å². The lowest BCUT2D eigenvalue weighted by atomic mass is 9.94. The van der Waals surface area contributed by atoms with Crippen molar-refractivity contribution >= 4 is 16.7 Å². The van der Waals surface area contributed by atoms with Crippen LogP contribution >= 0.6 is 0 Å². The second-order valence-corrected chi connectivity index (χ2v) is 14.4. The number of amides is 1. The fraction of sp³-hybridized carbons (Fsp3) is 0.405. The van der Waals surface area contributed by atoms with Gasteiger partial charge in [-0.2, -0.15) is 0 Å². The van der Waals surface area contributed by atoms with Crippen molar-refractivity contribution in [1.82, 2.24) is 28.9 Å². The molecule has 2 fully saturated rings. The SMILES string of the molecule is CCCCn1cc(-c2ccc(OC3CCN(CC4CCN(C(=O)c5ccc(OC)c(-n6ccc(=O)[nH]c6=O)c5)CC4)CC3)c(OC)c2)c2ccncc2c1=O. The Bertz CT molecular complexity index is 2330. The number of H-pyrrole nitrogens is 1. The quantitative estimate of drug-likeness (QED) is 0.184. The minimum absolute atomic E-state index is 0.0239. The molecule has 2 aromatic carbocycles. The van der Waals surface area contributed by atoms with Crippen molar-refractivity contribution in [2.75, 3.05) is 46.9 Å². The third-order valence-corrected chi connectivity index (χ3v) is 10.9. The molecule has 55 heavy (non-hydrogen) atoms. The highest BCUT2D eigenvalue weighted by Crippen LogP contribution is 2.36. The van der Waals surface area contributed by atoms with Crippen LogP contribution in [0.4, 0.5) is 0 Å². The second kappa shape index (κ2) is 16.8. The molecule has 0 bridgehead atoms. The Morgan fingerprint density at radius 2 is 1.64 bits per heavy atom. The molecule has 2 aliphatic rings. The lowest BCUT2D eigenvalue weighted by Gasteiger charge is -2.37. The zero-order valence-electron chi connectivity index (χ0n) is 31.7. The zero-order valence-corrected chi connectivity index (χ0v) is 31.7. The number of aromatic amines is 1. The standard InChI is InChI=1S/C42H48N6O7/c1-4-5-17-47-27-34(32-10-16-43-25-33(32)41(47)51)29-6-9-37(38(24-29)54-3)55-31-13-18-45(19-14-31)26-28-11-20-46(21-12-28)40(50)30-7-8-36(53-2)35(23-30)48-22-15-39(49)44-42(48)52/h6-10,15-16,22-25,27-28,31H,4-5,11-14,17-21,26H2,1-3H3,(H,44,49,52). The van der Waals surface area contributed by atoms with Crippen molar-refractivity contribution in [3.63, 3.8) is 0 Å². The van der Waals surface area contributed by atoms with Crippen LogP contribution in [0.25, 0.3) is 27.6 Å². The number of hydrogen-bond donors (Lipinski definition) is 1. The predicted molar refractivity (Wildman–Crippen MR) is 211 cm³/mol. The molecule has 0 atom stereocenters. The van der Waals surface area contributed by atoms with Crippen molar-refractivity contribution in [3.05, 3.63) is 110 Å². The number of piperidine rings is 2. The van der Waals surface area contributed by atoms with Gasteiger partial charge in [0.2, 0.25) is 0 Å². The first kappa shape index (κ1) is 37.6. The summed E-state index contributed by atoms with van der Waals surface area (Å²) in [6.07, 6.45) is 12.3.